The van der Waals surface area contributed by atoms with Crippen LogP contribution in [0.25, 0.3) is 22.4 Å². The molecule has 5 rings (SSSR count). The zero-order chi connectivity index (χ0) is 34.1. The maximum Gasteiger partial charge on any atom is 0.417 e. The Labute approximate surface area is 265 Å². The van der Waals surface area contributed by atoms with Gasteiger partial charge in [0, 0.05) is 29.3 Å². The number of nitriles is 1. The van der Waals surface area contributed by atoms with Gasteiger partial charge in [-0.3, -0.25) is 4.79 Å². The van der Waals surface area contributed by atoms with Crippen molar-refractivity contribution in [3.8, 4) is 28.5 Å². The molecule has 0 bridgehead atoms. The summed E-state index contributed by atoms with van der Waals surface area (Å²) in [7, 11) is 0. The molecule has 0 fully saturated rings. The smallest absolute Gasteiger partial charge is 0.417 e. The van der Waals surface area contributed by atoms with Crippen molar-refractivity contribution in [1.82, 2.24) is 4.57 Å². The van der Waals surface area contributed by atoms with Gasteiger partial charge < -0.3 is 9.12 Å². The SMILES string of the molecule is N#Cc1c(C(F)(F)F)cc(-c2ccc(-c3cc([S+]([O-])Cc4ccccc4)cc(C(F)(F)F)c3)cc2)n(Cc2ccc(F)cc2F)c1=O. The summed E-state index contributed by atoms with van der Waals surface area (Å²) in [4.78, 5) is 13.1. The minimum Gasteiger partial charge on any atom is -0.611 e. The minimum absolute atomic E-state index is 0.0179. The summed E-state index contributed by atoms with van der Waals surface area (Å²) >= 11 is -1.87. The highest BCUT2D eigenvalue weighted by atomic mass is 32.2. The minimum atomic E-state index is -5.12. The maximum absolute atomic E-state index is 14.5. The van der Waals surface area contributed by atoms with Crippen LogP contribution in [0.1, 0.15) is 27.8 Å². The average molecular weight is 673 g/mol. The number of pyridine rings is 1. The molecule has 240 valence electrons. The molecule has 0 radical (unpaired) electrons. The van der Waals surface area contributed by atoms with Crippen molar-refractivity contribution >= 4 is 11.2 Å². The van der Waals surface area contributed by atoms with Gasteiger partial charge in [0.15, 0.2) is 4.90 Å². The molecule has 13 heteroatoms. The van der Waals surface area contributed by atoms with E-state index in [2.05, 4.69) is 0 Å². The van der Waals surface area contributed by atoms with Crippen LogP contribution < -0.4 is 5.56 Å². The first-order valence-corrected chi connectivity index (χ1v) is 14.9. The molecule has 0 amide bonds. The fourth-order valence-corrected chi connectivity index (χ4v) is 6.08. The van der Waals surface area contributed by atoms with Gasteiger partial charge in [-0.05, 0) is 46.1 Å². The molecule has 1 atom stereocenters. The summed E-state index contributed by atoms with van der Waals surface area (Å²) in [6, 6.07) is 20.8. The lowest BCUT2D eigenvalue weighted by atomic mass is 9.99. The standard InChI is InChI=1S/C34H20F8N2O2S/c35-26-11-10-23(30(36)15-26)18-44-31(16-29(34(40,41)42)28(17-43)32(44)45)22-8-6-21(7-9-22)24-12-25(33(37,38)39)14-27(13-24)47(46)19-20-4-2-1-3-5-20/h1-16H,18-19H2. The fraction of sp³-hybridized carbons (Fsp3) is 0.118. The van der Waals surface area contributed by atoms with E-state index in [1.807, 2.05) is 0 Å². The van der Waals surface area contributed by atoms with Crippen LogP contribution in [0.4, 0.5) is 35.1 Å². The third-order valence-electron chi connectivity index (χ3n) is 7.21. The molecule has 1 aromatic heterocycles. The van der Waals surface area contributed by atoms with Crippen LogP contribution in [-0.2, 0) is 35.8 Å². The predicted octanol–water partition coefficient (Wildman–Crippen LogP) is 8.73. The number of halogens is 8. The quantitative estimate of drug-likeness (QED) is 0.128. The van der Waals surface area contributed by atoms with Crippen LogP contribution in [0.15, 0.2) is 107 Å². The molecule has 0 saturated heterocycles. The van der Waals surface area contributed by atoms with Crippen molar-refractivity contribution in [3.63, 3.8) is 0 Å². The lowest BCUT2D eigenvalue weighted by Crippen LogP contribution is -2.29. The summed E-state index contributed by atoms with van der Waals surface area (Å²) < 4.78 is 125. The Morgan fingerprint density at radius 1 is 0.766 bits per heavy atom. The van der Waals surface area contributed by atoms with E-state index in [1.165, 1.54) is 36.4 Å². The van der Waals surface area contributed by atoms with E-state index in [0.29, 0.717) is 17.7 Å². The summed E-state index contributed by atoms with van der Waals surface area (Å²) in [6.07, 6.45) is -9.91. The summed E-state index contributed by atoms with van der Waals surface area (Å²) in [6.45, 7) is -0.668. The number of benzene rings is 4. The van der Waals surface area contributed by atoms with Crippen LogP contribution in [0.5, 0.6) is 0 Å². The van der Waals surface area contributed by atoms with Crippen LogP contribution in [-0.4, -0.2) is 9.12 Å². The summed E-state index contributed by atoms with van der Waals surface area (Å²) in [5, 5.41) is 9.40. The van der Waals surface area contributed by atoms with Gasteiger partial charge in [-0.15, -0.1) is 0 Å². The molecule has 4 aromatic carbocycles. The Kier molecular flexibility index (Phi) is 9.29. The van der Waals surface area contributed by atoms with E-state index in [1.54, 1.807) is 30.3 Å². The number of alkyl halides is 6. The highest BCUT2D eigenvalue weighted by Gasteiger charge is 2.37. The zero-order valence-electron chi connectivity index (χ0n) is 23.8. The van der Waals surface area contributed by atoms with Gasteiger partial charge in [-0.1, -0.05) is 60.7 Å². The first-order chi connectivity index (χ1) is 22.2. The average Bonchev–Trinajstić information content (AvgIpc) is 3.02. The molecule has 1 heterocycles. The number of rotatable bonds is 7. The monoisotopic (exact) mass is 672 g/mol. The van der Waals surface area contributed by atoms with Crippen LogP contribution >= 0.6 is 0 Å². The van der Waals surface area contributed by atoms with E-state index in [-0.39, 0.29) is 38.6 Å². The van der Waals surface area contributed by atoms with Crippen molar-refractivity contribution in [2.75, 3.05) is 0 Å². The van der Waals surface area contributed by atoms with E-state index >= 15 is 0 Å². The molecule has 1 unspecified atom stereocenters. The molecular formula is C34H20F8N2O2S. The number of nitrogens with zero attached hydrogens (tertiary/aromatic N) is 2. The Morgan fingerprint density at radius 3 is 2.02 bits per heavy atom. The zero-order valence-corrected chi connectivity index (χ0v) is 24.6. The van der Waals surface area contributed by atoms with Crippen molar-refractivity contribution in [2.45, 2.75) is 29.5 Å². The number of hydrogen-bond donors (Lipinski definition) is 0. The number of aromatic nitrogens is 1. The van der Waals surface area contributed by atoms with Crippen molar-refractivity contribution < 1.29 is 39.7 Å². The van der Waals surface area contributed by atoms with Crippen LogP contribution in [0.3, 0.4) is 0 Å². The van der Waals surface area contributed by atoms with E-state index in [0.717, 1.165) is 28.8 Å². The fourth-order valence-electron chi connectivity index (χ4n) is 4.90. The highest BCUT2D eigenvalue weighted by Crippen LogP contribution is 2.37. The van der Waals surface area contributed by atoms with Gasteiger partial charge in [-0.2, -0.15) is 31.6 Å². The van der Waals surface area contributed by atoms with Gasteiger partial charge in [0.25, 0.3) is 5.56 Å². The Balaban J connectivity index is 1.61. The van der Waals surface area contributed by atoms with Crippen LogP contribution in [0.2, 0.25) is 0 Å². The second kappa shape index (κ2) is 13.1. The third-order valence-corrected chi connectivity index (χ3v) is 8.57. The van der Waals surface area contributed by atoms with Crippen molar-refractivity contribution in [3.05, 3.63) is 147 Å². The molecule has 0 aliphatic carbocycles. The molecule has 47 heavy (non-hydrogen) atoms. The van der Waals surface area contributed by atoms with E-state index < -0.39 is 64.0 Å². The second-order valence-corrected chi connectivity index (χ2v) is 11.8. The molecule has 0 spiro atoms. The van der Waals surface area contributed by atoms with E-state index in [4.69, 9.17) is 0 Å². The van der Waals surface area contributed by atoms with Gasteiger partial charge in [0.2, 0.25) is 0 Å². The molecule has 4 nitrogen and oxygen atoms in total. The lowest BCUT2D eigenvalue weighted by molar-refractivity contribution is -0.138. The number of hydrogen-bond acceptors (Lipinski definition) is 3. The first kappa shape index (κ1) is 33.4. The largest absolute Gasteiger partial charge is 0.611 e. The maximum atomic E-state index is 14.5. The van der Waals surface area contributed by atoms with E-state index in [9.17, 15) is 49.7 Å². The van der Waals surface area contributed by atoms with Gasteiger partial charge in [0.05, 0.1) is 23.4 Å². The summed E-state index contributed by atoms with van der Waals surface area (Å²) in [5.74, 6) is -2.06. The van der Waals surface area contributed by atoms with Crippen molar-refractivity contribution in [1.29, 1.82) is 5.26 Å². The molecular weight excluding hydrogens is 652 g/mol. The molecule has 0 N–H and O–H groups in total. The van der Waals surface area contributed by atoms with Crippen LogP contribution in [0, 0.1) is 23.0 Å². The Hall–Kier alpha value is -4.93. The Morgan fingerprint density at radius 2 is 1.43 bits per heavy atom. The molecule has 0 aliphatic rings. The van der Waals surface area contributed by atoms with Gasteiger partial charge in [-0.25, -0.2) is 8.78 Å². The third kappa shape index (κ3) is 7.40. The van der Waals surface area contributed by atoms with Gasteiger partial charge in [0.1, 0.15) is 29.0 Å². The molecule has 5 aromatic rings. The predicted molar refractivity (Wildman–Crippen MR) is 158 cm³/mol. The second-order valence-electron chi connectivity index (χ2n) is 10.4. The molecule has 0 saturated carbocycles. The lowest BCUT2D eigenvalue weighted by Gasteiger charge is -2.18. The first-order valence-electron chi connectivity index (χ1n) is 13.6. The Bertz CT molecular complexity index is 2030. The highest BCUT2D eigenvalue weighted by molar-refractivity contribution is 7.90. The van der Waals surface area contributed by atoms with Gasteiger partial charge >= 0.3 is 12.4 Å². The van der Waals surface area contributed by atoms with Crippen molar-refractivity contribution in [2.24, 2.45) is 0 Å². The molecule has 0 aliphatic heterocycles. The topological polar surface area (TPSA) is 68.8 Å². The normalized spacial score (nSPS) is 12.5. The summed E-state index contributed by atoms with van der Waals surface area (Å²) in [5.41, 5.74) is -5.04.